The molecule has 0 aliphatic rings. The molecule has 0 bridgehead atoms. The van der Waals surface area contributed by atoms with E-state index in [1.165, 1.54) is 0 Å². The van der Waals surface area contributed by atoms with E-state index >= 15 is 0 Å². The van der Waals surface area contributed by atoms with Crippen LogP contribution in [-0.4, -0.2) is 9.38 Å². The summed E-state index contributed by atoms with van der Waals surface area (Å²) in [6.45, 7) is 0.484. The molecular formula is C8H11Cl2N3. The van der Waals surface area contributed by atoms with Crippen LogP contribution in [0.3, 0.4) is 0 Å². The minimum absolute atomic E-state index is 0. The van der Waals surface area contributed by atoms with Gasteiger partial charge in [-0.05, 0) is 12.1 Å². The Morgan fingerprint density at radius 2 is 2.08 bits per heavy atom. The van der Waals surface area contributed by atoms with Crippen LogP contribution in [0.5, 0.6) is 0 Å². The fourth-order valence-electron chi connectivity index (χ4n) is 1.15. The number of pyridine rings is 1. The molecule has 0 fully saturated rings. The molecule has 0 amide bonds. The Kier molecular flexibility index (Phi) is 4.77. The third-order valence-corrected chi connectivity index (χ3v) is 1.70. The van der Waals surface area contributed by atoms with Crippen LogP contribution in [0.25, 0.3) is 5.52 Å². The van der Waals surface area contributed by atoms with Gasteiger partial charge in [0.25, 0.3) is 0 Å². The number of nitrogens with zero attached hydrogens (tertiary/aromatic N) is 2. The first-order valence-electron chi connectivity index (χ1n) is 3.53. The largest absolute Gasteiger partial charge is 0.324 e. The van der Waals surface area contributed by atoms with Crippen LogP contribution in [0.2, 0.25) is 0 Å². The van der Waals surface area contributed by atoms with E-state index in [1.54, 1.807) is 0 Å². The van der Waals surface area contributed by atoms with Crippen molar-refractivity contribution in [3.05, 3.63) is 36.4 Å². The summed E-state index contributed by atoms with van der Waals surface area (Å²) in [5.41, 5.74) is 6.57. The molecule has 0 aromatic carbocycles. The van der Waals surface area contributed by atoms with Crippen molar-refractivity contribution in [3.63, 3.8) is 0 Å². The lowest BCUT2D eigenvalue weighted by molar-refractivity contribution is 0.903. The molecule has 0 saturated carbocycles. The summed E-state index contributed by atoms with van der Waals surface area (Å²) >= 11 is 0. The van der Waals surface area contributed by atoms with Crippen molar-refractivity contribution in [2.75, 3.05) is 0 Å². The second kappa shape index (κ2) is 5.07. The minimum atomic E-state index is 0. The van der Waals surface area contributed by atoms with Gasteiger partial charge in [0, 0.05) is 6.20 Å². The van der Waals surface area contributed by atoms with Crippen LogP contribution in [0.4, 0.5) is 0 Å². The van der Waals surface area contributed by atoms with Gasteiger partial charge < -0.3 is 10.1 Å². The highest BCUT2D eigenvalue weighted by molar-refractivity contribution is 5.85. The highest BCUT2D eigenvalue weighted by Crippen LogP contribution is 2.04. The van der Waals surface area contributed by atoms with E-state index in [0.29, 0.717) is 6.54 Å². The number of hydrogen-bond donors (Lipinski definition) is 1. The van der Waals surface area contributed by atoms with Crippen molar-refractivity contribution in [1.82, 2.24) is 9.38 Å². The minimum Gasteiger partial charge on any atom is -0.324 e. The van der Waals surface area contributed by atoms with E-state index < -0.39 is 0 Å². The van der Waals surface area contributed by atoms with Crippen molar-refractivity contribution in [2.45, 2.75) is 6.54 Å². The molecule has 2 aromatic rings. The molecule has 2 aromatic heterocycles. The third-order valence-electron chi connectivity index (χ3n) is 1.70. The van der Waals surface area contributed by atoms with Gasteiger partial charge in [0.2, 0.25) is 0 Å². The molecule has 0 aliphatic carbocycles. The Hall–Kier alpha value is -0.770. The number of fused-ring (bicyclic) bond motifs is 1. The summed E-state index contributed by atoms with van der Waals surface area (Å²) in [5.74, 6) is 0.903. The standard InChI is InChI=1S/C8H9N3.2ClH/c9-5-8-10-6-7-3-1-2-4-11(7)8;;/h1-4,6H,5,9H2;2*1H. The predicted octanol–water partition coefficient (Wildman–Crippen LogP) is 1.64. The highest BCUT2D eigenvalue weighted by atomic mass is 35.5. The van der Waals surface area contributed by atoms with Crippen molar-refractivity contribution >= 4 is 30.3 Å². The van der Waals surface area contributed by atoms with Crippen molar-refractivity contribution in [3.8, 4) is 0 Å². The summed E-state index contributed by atoms with van der Waals surface area (Å²) in [4.78, 5) is 4.15. The highest BCUT2D eigenvalue weighted by Gasteiger charge is 1.97. The summed E-state index contributed by atoms with van der Waals surface area (Å²) in [7, 11) is 0. The van der Waals surface area contributed by atoms with Crippen LogP contribution in [0.1, 0.15) is 5.82 Å². The first-order chi connectivity index (χ1) is 5.42. The zero-order valence-corrected chi connectivity index (χ0v) is 8.52. The number of hydrogen-bond acceptors (Lipinski definition) is 2. The monoisotopic (exact) mass is 219 g/mol. The number of rotatable bonds is 1. The first-order valence-corrected chi connectivity index (χ1v) is 3.53. The Bertz CT molecular complexity index is 372. The number of nitrogens with two attached hydrogens (primary N) is 1. The van der Waals surface area contributed by atoms with Crippen LogP contribution < -0.4 is 5.73 Å². The van der Waals surface area contributed by atoms with Gasteiger partial charge in [0.1, 0.15) is 5.82 Å². The molecule has 3 nitrogen and oxygen atoms in total. The molecule has 0 aliphatic heterocycles. The van der Waals surface area contributed by atoms with Crippen LogP contribution in [-0.2, 0) is 6.54 Å². The van der Waals surface area contributed by atoms with Gasteiger partial charge in [-0.25, -0.2) is 4.98 Å². The van der Waals surface area contributed by atoms with E-state index in [2.05, 4.69) is 4.98 Å². The van der Waals surface area contributed by atoms with Gasteiger partial charge in [-0.1, -0.05) is 6.07 Å². The van der Waals surface area contributed by atoms with Gasteiger partial charge in [0.15, 0.2) is 0 Å². The number of aromatic nitrogens is 2. The van der Waals surface area contributed by atoms with E-state index in [0.717, 1.165) is 11.3 Å². The molecule has 13 heavy (non-hydrogen) atoms. The van der Waals surface area contributed by atoms with Crippen LogP contribution >= 0.6 is 24.8 Å². The van der Waals surface area contributed by atoms with Gasteiger partial charge >= 0.3 is 0 Å². The van der Waals surface area contributed by atoms with Gasteiger partial charge in [-0.15, -0.1) is 24.8 Å². The molecule has 0 atom stereocenters. The van der Waals surface area contributed by atoms with E-state index in [-0.39, 0.29) is 24.8 Å². The number of imidazole rings is 1. The van der Waals surface area contributed by atoms with Crippen molar-refractivity contribution in [1.29, 1.82) is 0 Å². The number of halogens is 2. The molecule has 0 spiro atoms. The molecular weight excluding hydrogens is 209 g/mol. The molecule has 72 valence electrons. The Morgan fingerprint density at radius 1 is 1.31 bits per heavy atom. The maximum atomic E-state index is 5.48. The van der Waals surface area contributed by atoms with Crippen LogP contribution in [0, 0.1) is 0 Å². The lowest BCUT2D eigenvalue weighted by Crippen LogP contribution is -2.01. The molecule has 2 heterocycles. The zero-order chi connectivity index (χ0) is 7.68. The van der Waals surface area contributed by atoms with E-state index in [4.69, 9.17) is 5.73 Å². The zero-order valence-electron chi connectivity index (χ0n) is 6.88. The Balaban J connectivity index is 0.000000720. The molecule has 0 saturated heterocycles. The normalized spacial score (nSPS) is 9.00. The fourth-order valence-corrected chi connectivity index (χ4v) is 1.15. The molecule has 2 rings (SSSR count). The Labute approximate surface area is 88.8 Å². The lowest BCUT2D eigenvalue weighted by atomic mass is 10.4. The molecule has 0 unspecified atom stereocenters. The van der Waals surface area contributed by atoms with Gasteiger partial charge in [0.05, 0.1) is 18.3 Å². The summed E-state index contributed by atoms with van der Waals surface area (Å²) in [6.07, 6.45) is 3.78. The fraction of sp³-hybridized carbons (Fsp3) is 0.125. The molecule has 0 radical (unpaired) electrons. The van der Waals surface area contributed by atoms with Gasteiger partial charge in [-0.3, -0.25) is 0 Å². The maximum absolute atomic E-state index is 5.48. The second-order valence-electron chi connectivity index (χ2n) is 2.37. The summed E-state index contributed by atoms with van der Waals surface area (Å²) in [6, 6.07) is 5.96. The average molecular weight is 220 g/mol. The van der Waals surface area contributed by atoms with Gasteiger partial charge in [-0.2, -0.15) is 0 Å². The quantitative estimate of drug-likeness (QED) is 0.793. The summed E-state index contributed by atoms with van der Waals surface area (Å²) < 4.78 is 1.99. The average Bonchev–Trinajstić information content (AvgIpc) is 2.47. The molecule has 2 N–H and O–H groups in total. The molecule has 5 heteroatoms. The smallest absolute Gasteiger partial charge is 0.127 e. The second-order valence-corrected chi connectivity index (χ2v) is 2.37. The maximum Gasteiger partial charge on any atom is 0.127 e. The predicted molar refractivity (Wildman–Crippen MR) is 57.6 cm³/mol. The van der Waals surface area contributed by atoms with Crippen molar-refractivity contribution in [2.24, 2.45) is 5.73 Å². The van der Waals surface area contributed by atoms with E-state index in [9.17, 15) is 0 Å². The topological polar surface area (TPSA) is 43.3 Å². The lowest BCUT2D eigenvalue weighted by Gasteiger charge is -1.95. The SMILES string of the molecule is Cl.Cl.NCc1ncc2ccccn12. The summed E-state index contributed by atoms with van der Waals surface area (Å²) in [5, 5.41) is 0. The van der Waals surface area contributed by atoms with E-state index in [1.807, 2.05) is 35.0 Å². The third kappa shape index (κ3) is 2.12. The van der Waals surface area contributed by atoms with Crippen molar-refractivity contribution < 1.29 is 0 Å². The Morgan fingerprint density at radius 3 is 2.77 bits per heavy atom. The first kappa shape index (κ1) is 12.2. The van der Waals surface area contributed by atoms with Crippen LogP contribution in [0.15, 0.2) is 30.6 Å².